The van der Waals surface area contributed by atoms with Crippen molar-refractivity contribution < 1.29 is 9.47 Å². The Labute approximate surface area is 91.5 Å². The van der Waals surface area contributed by atoms with Gasteiger partial charge in [0.05, 0.1) is 13.2 Å². The number of hydrogen-bond donors (Lipinski definition) is 1. The van der Waals surface area contributed by atoms with Crippen molar-refractivity contribution >= 4 is 0 Å². The molecule has 2 unspecified atom stereocenters. The maximum atomic E-state index is 5.33. The third-order valence-corrected chi connectivity index (χ3v) is 2.51. The van der Waals surface area contributed by atoms with Crippen LogP contribution < -0.4 is 5.32 Å². The Morgan fingerprint density at radius 3 is 1.87 bits per heavy atom. The lowest BCUT2D eigenvalue weighted by molar-refractivity contribution is 0.0724. The van der Waals surface area contributed by atoms with E-state index >= 15 is 0 Å². The van der Waals surface area contributed by atoms with Crippen molar-refractivity contribution in [2.45, 2.75) is 0 Å². The van der Waals surface area contributed by atoms with E-state index in [1.54, 1.807) is 0 Å². The number of hydrogen-bond acceptors (Lipinski definition) is 3. The van der Waals surface area contributed by atoms with Crippen LogP contribution in [0.5, 0.6) is 0 Å². The van der Waals surface area contributed by atoms with Gasteiger partial charge in [0.2, 0.25) is 0 Å². The van der Waals surface area contributed by atoms with E-state index in [1.807, 2.05) is 0 Å². The normalized spacial score (nSPS) is 24.7. The molecule has 3 heteroatoms. The van der Waals surface area contributed by atoms with Crippen molar-refractivity contribution in [1.82, 2.24) is 5.32 Å². The molecule has 0 amide bonds. The van der Waals surface area contributed by atoms with Crippen LogP contribution in [0.2, 0.25) is 0 Å². The van der Waals surface area contributed by atoms with Gasteiger partial charge in [-0.15, -0.1) is 12.8 Å². The van der Waals surface area contributed by atoms with Crippen LogP contribution in [0.3, 0.4) is 0 Å². The van der Waals surface area contributed by atoms with Crippen molar-refractivity contribution in [3.63, 3.8) is 0 Å². The van der Waals surface area contributed by atoms with Crippen LogP contribution in [0, 0.1) is 36.5 Å². The second-order valence-electron chi connectivity index (χ2n) is 3.62. The summed E-state index contributed by atoms with van der Waals surface area (Å²) in [6.07, 6.45) is 10.2. The van der Waals surface area contributed by atoms with E-state index in [0.717, 1.165) is 13.1 Å². The first-order chi connectivity index (χ1) is 7.38. The molecule has 1 rings (SSSR count). The highest BCUT2D eigenvalue weighted by atomic mass is 16.5. The molecule has 0 aliphatic carbocycles. The van der Waals surface area contributed by atoms with Crippen LogP contribution >= 0.6 is 0 Å². The maximum Gasteiger partial charge on any atom is 0.107 e. The van der Waals surface area contributed by atoms with Gasteiger partial charge in [0.1, 0.15) is 13.2 Å². The SMILES string of the molecule is C#CCOCC1CNCC1COCC#C. The summed E-state index contributed by atoms with van der Waals surface area (Å²) in [4.78, 5) is 0. The summed E-state index contributed by atoms with van der Waals surface area (Å²) in [7, 11) is 0. The van der Waals surface area contributed by atoms with E-state index in [9.17, 15) is 0 Å². The molecule has 1 heterocycles. The molecule has 1 fully saturated rings. The van der Waals surface area contributed by atoms with E-state index in [4.69, 9.17) is 22.3 Å². The molecule has 0 aromatic carbocycles. The van der Waals surface area contributed by atoms with Gasteiger partial charge in [-0.25, -0.2) is 0 Å². The summed E-state index contributed by atoms with van der Waals surface area (Å²) in [6.45, 7) is 4.09. The maximum absolute atomic E-state index is 5.33. The van der Waals surface area contributed by atoms with Crippen molar-refractivity contribution in [2.24, 2.45) is 11.8 Å². The number of rotatable bonds is 6. The summed E-state index contributed by atoms with van der Waals surface area (Å²) >= 11 is 0. The largest absolute Gasteiger partial charge is 0.368 e. The van der Waals surface area contributed by atoms with Gasteiger partial charge in [-0.3, -0.25) is 0 Å². The van der Waals surface area contributed by atoms with Gasteiger partial charge in [0, 0.05) is 24.9 Å². The predicted molar refractivity (Wildman–Crippen MR) is 59.2 cm³/mol. The number of nitrogens with one attached hydrogen (secondary N) is 1. The fraction of sp³-hybridized carbons (Fsp3) is 0.667. The third-order valence-electron chi connectivity index (χ3n) is 2.51. The van der Waals surface area contributed by atoms with E-state index in [0.29, 0.717) is 38.3 Å². The second kappa shape index (κ2) is 7.31. The molecule has 2 atom stereocenters. The minimum atomic E-state index is 0.383. The second-order valence-corrected chi connectivity index (χ2v) is 3.62. The molecule has 0 aromatic heterocycles. The fourth-order valence-electron chi connectivity index (χ4n) is 1.72. The lowest BCUT2D eigenvalue weighted by atomic mass is 9.98. The minimum absolute atomic E-state index is 0.383. The van der Waals surface area contributed by atoms with Crippen molar-refractivity contribution in [3.05, 3.63) is 0 Å². The van der Waals surface area contributed by atoms with Crippen LogP contribution in [0.1, 0.15) is 0 Å². The molecule has 1 aliphatic heterocycles. The summed E-state index contributed by atoms with van der Waals surface area (Å²) in [6, 6.07) is 0. The molecule has 3 nitrogen and oxygen atoms in total. The quantitative estimate of drug-likeness (QED) is 0.496. The lowest BCUT2D eigenvalue weighted by Gasteiger charge is -2.17. The molecular formula is C12H17NO2. The van der Waals surface area contributed by atoms with Gasteiger partial charge in [0.25, 0.3) is 0 Å². The highest BCUT2D eigenvalue weighted by molar-refractivity contribution is 4.86. The van der Waals surface area contributed by atoms with Gasteiger partial charge in [-0.2, -0.15) is 0 Å². The van der Waals surface area contributed by atoms with Gasteiger partial charge in [-0.1, -0.05) is 11.8 Å². The minimum Gasteiger partial charge on any atom is -0.368 e. The van der Waals surface area contributed by atoms with Crippen LogP contribution in [-0.4, -0.2) is 39.5 Å². The monoisotopic (exact) mass is 207 g/mol. The molecule has 0 spiro atoms. The molecule has 0 aromatic rings. The standard InChI is InChI=1S/C12H17NO2/c1-3-5-14-9-11-7-13-8-12(11)10-15-6-4-2/h1-2,11-13H,5-10H2. The third kappa shape index (κ3) is 4.36. The van der Waals surface area contributed by atoms with E-state index < -0.39 is 0 Å². The predicted octanol–water partition coefficient (Wildman–Crippen LogP) is 0.122. The lowest BCUT2D eigenvalue weighted by Crippen LogP contribution is -2.23. The van der Waals surface area contributed by atoms with Gasteiger partial charge >= 0.3 is 0 Å². The molecule has 1 N–H and O–H groups in total. The van der Waals surface area contributed by atoms with Crippen molar-refractivity contribution in [2.75, 3.05) is 39.5 Å². The smallest absolute Gasteiger partial charge is 0.107 e. The average molecular weight is 207 g/mol. The number of ether oxygens (including phenoxy) is 2. The zero-order valence-corrected chi connectivity index (χ0v) is 8.87. The summed E-state index contributed by atoms with van der Waals surface area (Å²) in [5.41, 5.74) is 0. The van der Waals surface area contributed by atoms with Crippen LogP contribution in [0.4, 0.5) is 0 Å². The Morgan fingerprint density at radius 1 is 1.00 bits per heavy atom. The van der Waals surface area contributed by atoms with E-state index in [2.05, 4.69) is 17.2 Å². The highest BCUT2D eigenvalue weighted by Crippen LogP contribution is 2.17. The van der Waals surface area contributed by atoms with Gasteiger partial charge < -0.3 is 14.8 Å². The topological polar surface area (TPSA) is 30.5 Å². The zero-order chi connectivity index (χ0) is 10.9. The summed E-state index contributed by atoms with van der Waals surface area (Å²) in [5.74, 6) is 5.88. The molecule has 1 aliphatic rings. The molecule has 15 heavy (non-hydrogen) atoms. The Bertz CT molecular complexity index is 225. The zero-order valence-electron chi connectivity index (χ0n) is 8.87. The molecular weight excluding hydrogens is 190 g/mol. The molecule has 1 saturated heterocycles. The van der Waals surface area contributed by atoms with E-state index in [1.165, 1.54) is 0 Å². The Hall–Kier alpha value is -1.00. The van der Waals surface area contributed by atoms with Gasteiger partial charge in [-0.05, 0) is 0 Å². The first kappa shape index (κ1) is 12.1. The fourth-order valence-corrected chi connectivity index (χ4v) is 1.72. The average Bonchev–Trinajstić information content (AvgIpc) is 2.67. The Balaban J connectivity index is 2.18. The molecule has 0 saturated carbocycles. The Kier molecular flexibility index (Phi) is 5.88. The summed E-state index contributed by atoms with van der Waals surface area (Å²) in [5, 5.41) is 3.31. The number of terminal acetylenes is 2. The summed E-state index contributed by atoms with van der Waals surface area (Å²) < 4.78 is 10.7. The van der Waals surface area contributed by atoms with Crippen LogP contribution in [0.15, 0.2) is 0 Å². The van der Waals surface area contributed by atoms with Crippen molar-refractivity contribution in [1.29, 1.82) is 0 Å². The first-order valence-corrected chi connectivity index (χ1v) is 5.11. The highest BCUT2D eigenvalue weighted by Gasteiger charge is 2.26. The Morgan fingerprint density at radius 2 is 1.47 bits per heavy atom. The first-order valence-electron chi connectivity index (χ1n) is 5.11. The molecule has 82 valence electrons. The van der Waals surface area contributed by atoms with Crippen LogP contribution in [0.25, 0.3) is 0 Å². The van der Waals surface area contributed by atoms with Crippen LogP contribution in [-0.2, 0) is 9.47 Å². The van der Waals surface area contributed by atoms with Gasteiger partial charge in [0.15, 0.2) is 0 Å². The van der Waals surface area contributed by atoms with Crippen molar-refractivity contribution in [3.8, 4) is 24.7 Å². The van der Waals surface area contributed by atoms with E-state index in [-0.39, 0.29) is 0 Å². The molecule has 0 bridgehead atoms. The molecule has 0 radical (unpaired) electrons.